The van der Waals surface area contributed by atoms with Crippen molar-refractivity contribution in [2.45, 2.75) is 89.7 Å². The van der Waals surface area contributed by atoms with Gasteiger partial charge in [-0.25, -0.2) is 0 Å². The predicted octanol–water partition coefficient (Wildman–Crippen LogP) is 6.18. The summed E-state index contributed by atoms with van der Waals surface area (Å²) in [6.07, 6.45) is 2.89. The van der Waals surface area contributed by atoms with Gasteiger partial charge in [-0.05, 0) is 30.4 Å². The lowest BCUT2D eigenvalue weighted by Gasteiger charge is -2.46. The molecule has 2 aromatic carbocycles. The molecule has 2 aromatic rings. The number of methoxy groups -OCH3 is 4. The summed E-state index contributed by atoms with van der Waals surface area (Å²) >= 11 is 0. The standard InChI is InChI=1S/C35H52O8/c1-8-9-16-25(2)31(37-5)26(3)29(42-24-36-4)21-30-32(38-6)33(40-22-27-17-12-10-13-18-27)34(35(39-7)43-30)41-23-28-19-14-11-15-20-28/h8-15,17-20,25-26,29-35H,16,21-24H2,1-7H3/b9-8+/t25-,26-,29+,30+,31+,32-,33-,34+,35-/m0/s1. The van der Waals surface area contributed by atoms with E-state index in [-0.39, 0.29) is 24.9 Å². The van der Waals surface area contributed by atoms with Crippen LogP contribution in [0.5, 0.6) is 0 Å². The van der Waals surface area contributed by atoms with E-state index >= 15 is 0 Å². The molecule has 0 N–H and O–H groups in total. The van der Waals surface area contributed by atoms with Gasteiger partial charge in [0.25, 0.3) is 0 Å². The molecule has 1 aliphatic rings. The number of benzene rings is 2. The Bertz CT molecular complexity index is 1020. The topological polar surface area (TPSA) is 73.8 Å². The number of hydrogen-bond acceptors (Lipinski definition) is 8. The first kappa shape index (κ1) is 35.3. The van der Waals surface area contributed by atoms with Crippen LogP contribution in [0.1, 0.15) is 44.7 Å². The second-order valence-corrected chi connectivity index (χ2v) is 11.2. The van der Waals surface area contributed by atoms with Crippen LogP contribution in [0.4, 0.5) is 0 Å². The quantitative estimate of drug-likeness (QED) is 0.140. The molecule has 0 saturated carbocycles. The zero-order chi connectivity index (χ0) is 31.0. The zero-order valence-corrected chi connectivity index (χ0v) is 26.9. The van der Waals surface area contributed by atoms with Crippen molar-refractivity contribution in [1.82, 2.24) is 0 Å². The third-order valence-electron chi connectivity index (χ3n) is 8.21. The molecule has 1 aliphatic heterocycles. The Morgan fingerprint density at radius 2 is 1.40 bits per heavy atom. The van der Waals surface area contributed by atoms with Crippen LogP contribution in [0.25, 0.3) is 0 Å². The second-order valence-electron chi connectivity index (χ2n) is 11.2. The Balaban J connectivity index is 1.87. The largest absolute Gasteiger partial charge is 0.381 e. The van der Waals surface area contributed by atoms with E-state index in [4.69, 9.17) is 37.9 Å². The predicted molar refractivity (Wildman–Crippen MR) is 166 cm³/mol. The van der Waals surface area contributed by atoms with Crippen molar-refractivity contribution in [3.8, 4) is 0 Å². The summed E-state index contributed by atoms with van der Waals surface area (Å²) in [5.41, 5.74) is 2.11. The van der Waals surface area contributed by atoms with Crippen LogP contribution in [0.15, 0.2) is 72.8 Å². The van der Waals surface area contributed by atoms with Gasteiger partial charge in [0.05, 0.1) is 31.5 Å². The van der Waals surface area contributed by atoms with E-state index in [1.54, 1.807) is 28.4 Å². The van der Waals surface area contributed by atoms with Crippen LogP contribution in [-0.4, -0.2) is 78.1 Å². The highest BCUT2D eigenvalue weighted by Crippen LogP contribution is 2.34. The van der Waals surface area contributed by atoms with E-state index in [2.05, 4.69) is 26.0 Å². The molecule has 0 spiro atoms. The van der Waals surface area contributed by atoms with Gasteiger partial charge in [0.15, 0.2) is 6.29 Å². The third-order valence-corrected chi connectivity index (χ3v) is 8.21. The van der Waals surface area contributed by atoms with Gasteiger partial charge in [-0.15, -0.1) is 0 Å². The second kappa shape index (κ2) is 19.3. The molecule has 0 amide bonds. The molecule has 3 rings (SSSR count). The maximum atomic E-state index is 6.60. The highest BCUT2D eigenvalue weighted by Gasteiger charge is 2.49. The summed E-state index contributed by atoms with van der Waals surface area (Å²) in [4.78, 5) is 0. The van der Waals surface area contributed by atoms with Crippen molar-refractivity contribution in [2.75, 3.05) is 35.2 Å². The fraction of sp³-hybridized carbons (Fsp3) is 0.600. The Hall–Kier alpha value is -2.14. The Morgan fingerprint density at radius 3 is 1.91 bits per heavy atom. The first-order valence-corrected chi connectivity index (χ1v) is 15.2. The van der Waals surface area contributed by atoms with Gasteiger partial charge >= 0.3 is 0 Å². The molecule has 0 bridgehead atoms. The molecule has 1 saturated heterocycles. The lowest BCUT2D eigenvalue weighted by atomic mass is 9.83. The maximum absolute atomic E-state index is 6.60. The highest BCUT2D eigenvalue weighted by atomic mass is 16.7. The van der Waals surface area contributed by atoms with E-state index in [0.717, 1.165) is 17.5 Å². The summed E-state index contributed by atoms with van der Waals surface area (Å²) < 4.78 is 49.3. The average Bonchev–Trinajstić information content (AvgIpc) is 3.04. The average molecular weight is 601 g/mol. The monoisotopic (exact) mass is 600 g/mol. The van der Waals surface area contributed by atoms with Crippen molar-refractivity contribution in [3.63, 3.8) is 0 Å². The van der Waals surface area contributed by atoms with Gasteiger partial charge in [0.1, 0.15) is 25.1 Å². The van der Waals surface area contributed by atoms with E-state index in [1.807, 2.05) is 67.6 Å². The van der Waals surface area contributed by atoms with Crippen LogP contribution in [-0.2, 0) is 51.1 Å². The van der Waals surface area contributed by atoms with Crippen LogP contribution in [0.3, 0.4) is 0 Å². The van der Waals surface area contributed by atoms with Gasteiger partial charge in [-0.2, -0.15) is 0 Å². The molecule has 1 heterocycles. The van der Waals surface area contributed by atoms with E-state index in [9.17, 15) is 0 Å². The fourth-order valence-corrected chi connectivity index (χ4v) is 5.92. The van der Waals surface area contributed by atoms with Crippen molar-refractivity contribution in [3.05, 3.63) is 83.9 Å². The molecule has 0 unspecified atom stereocenters. The number of allylic oxidation sites excluding steroid dienone is 2. The maximum Gasteiger partial charge on any atom is 0.186 e. The van der Waals surface area contributed by atoms with Crippen molar-refractivity contribution < 1.29 is 37.9 Å². The summed E-state index contributed by atoms with van der Waals surface area (Å²) in [6, 6.07) is 20.1. The van der Waals surface area contributed by atoms with Gasteiger partial charge in [0, 0.05) is 40.8 Å². The highest BCUT2D eigenvalue weighted by molar-refractivity contribution is 5.14. The minimum atomic E-state index is -0.675. The SMILES string of the molecule is C/C=C/C[C@H](C)[C@@H](OC)[C@@H](C)[C@@H](C[C@H]1O[C@H](OC)[C@H](OCc2ccccc2)[C@@H](OCc2ccccc2)[C@H]1OC)OCOC. The van der Waals surface area contributed by atoms with E-state index in [1.165, 1.54) is 0 Å². The summed E-state index contributed by atoms with van der Waals surface area (Å²) in [5.74, 6) is 0.332. The third kappa shape index (κ3) is 10.5. The Labute approximate surface area is 258 Å². The van der Waals surface area contributed by atoms with E-state index < -0.39 is 30.7 Å². The van der Waals surface area contributed by atoms with Gasteiger partial charge in [-0.1, -0.05) is 86.7 Å². The minimum Gasteiger partial charge on any atom is -0.381 e. The molecule has 240 valence electrons. The fourth-order valence-electron chi connectivity index (χ4n) is 5.92. The normalized spacial score (nSPS) is 25.4. The molecule has 0 radical (unpaired) electrons. The molecular formula is C35H52O8. The van der Waals surface area contributed by atoms with Crippen LogP contribution >= 0.6 is 0 Å². The lowest BCUT2D eigenvalue weighted by molar-refractivity contribution is -0.318. The molecular weight excluding hydrogens is 548 g/mol. The van der Waals surface area contributed by atoms with Crippen LogP contribution < -0.4 is 0 Å². The molecule has 1 fully saturated rings. The number of ether oxygens (including phenoxy) is 8. The molecule has 8 heteroatoms. The minimum absolute atomic E-state index is 0.0343. The van der Waals surface area contributed by atoms with Crippen molar-refractivity contribution in [2.24, 2.45) is 11.8 Å². The number of rotatable bonds is 19. The molecule has 8 nitrogen and oxygen atoms in total. The zero-order valence-electron chi connectivity index (χ0n) is 26.9. The van der Waals surface area contributed by atoms with Gasteiger partial charge in [-0.3, -0.25) is 0 Å². The molecule has 9 atom stereocenters. The lowest BCUT2D eigenvalue weighted by Crippen LogP contribution is -2.61. The van der Waals surface area contributed by atoms with Crippen molar-refractivity contribution in [1.29, 1.82) is 0 Å². The molecule has 0 aliphatic carbocycles. The Morgan fingerprint density at radius 1 is 0.791 bits per heavy atom. The summed E-state index contributed by atoms with van der Waals surface area (Å²) in [7, 11) is 6.71. The van der Waals surface area contributed by atoms with Gasteiger partial charge in [0.2, 0.25) is 0 Å². The van der Waals surface area contributed by atoms with Gasteiger partial charge < -0.3 is 37.9 Å². The molecule has 0 aromatic heterocycles. The summed E-state index contributed by atoms with van der Waals surface area (Å²) in [5, 5.41) is 0. The first-order chi connectivity index (χ1) is 21.0. The molecule has 43 heavy (non-hydrogen) atoms. The summed E-state index contributed by atoms with van der Waals surface area (Å²) in [6.45, 7) is 7.34. The van der Waals surface area contributed by atoms with E-state index in [0.29, 0.717) is 25.6 Å². The van der Waals surface area contributed by atoms with Crippen molar-refractivity contribution >= 4 is 0 Å². The van der Waals surface area contributed by atoms with Crippen LogP contribution in [0.2, 0.25) is 0 Å². The number of hydrogen-bond donors (Lipinski definition) is 0. The smallest absolute Gasteiger partial charge is 0.186 e. The first-order valence-electron chi connectivity index (χ1n) is 15.2. The Kier molecular flexibility index (Phi) is 15.9. The van der Waals surface area contributed by atoms with Crippen LogP contribution in [0, 0.1) is 11.8 Å².